The fourth-order valence-corrected chi connectivity index (χ4v) is 2.54. The summed E-state index contributed by atoms with van der Waals surface area (Å²) < 4.78 is 1.68. The molecule has 1 N–H and O–H groups in total. The molecule has 1 amide bonds. The summed E-state index contributed by atoms with van der Waals surface area (Å²) in [6.07, 6.45) is 0.927. The SMILES string of the molecule is CCCNC(=O)CSc1nnnn1-c1cccc(C)c1C. The Morgan fingerprint density at radius 3 is 2.95 bits per heavy atom. The first-order valence-electron chi connectivity index (χ1n) is 6.88. The molecule has 21 heavy (non-hydrogen) atoms. The van der Waals surface area contributed by atoms with Gasteiger partial charge < -0.3 is 5.32 Å². The molecule has 0 atom stereocenters. The van der Waals surface area contributed by atoms with Crippen LogP contribution in [0.3, 0.4) is 0 Å². The summed E-state index contributed by atoms with van der Waals surface area (Å²) in [5.74, 6) is 0.308. The van der Waals surface area contributed by atoms with Crippen molar-refractivity contribution in [2.75, 3.05) is 12.3 Å². The number of aryl methyl sites for hydroxylation is 1. The summed E-state index contributed by atoms with van der Waals surface area (Å²) in [5.41, 5.74) is 3.25. The maximum absolute atomic E-state index is 11.7. The van der Waals surface area contributed by atoms with E-state index in [-0.39, 0.29) is 5.91 Å². The molecule has 0 aliphatic rings. The van der Waals surface area contributed by atoms with Crippen LogP contribution in [0.2, 0.25) is 0 Å². The largest absolute Gasteiger partial charge is 0.355 e. The van der Waals surface area contributed by atoms with Gasteiger partial charge in [-0.3, -0.25) is 4.79 Å². The first-order valence-corrected chi connectivity index (χ1v) is 7.86. The Hall–Kier alpha value is -1.89. The van der Waals surface area contributed by atoms with Gasteiger partial charge in [-0.2, -0.15) is 4.68 Å². The van der Waals surface area contributed by atoms with Gasteiger partial charge in [0.15, 0.2) is 0 Å². The lowest BCUT2D eigenvalue weighted by atomic mass is 10.1. The van der Waals surface area contributed by atoms with E-state index < -0.39 is 0 Å². The van der Waals surface area contributed by atoms with Crippen molar-refractivity contribution < 1.29 is 4.79 Å². The van der Waals surface area contributed by atoms with Crippen LogP contribution >= 0.6 is 11.8 Å². The number of aromatic nitrogens is 4. The van der Waals surface area contributed by atoms with Gasteiger partial charge in [0.25, 0.3) is 0 Å². The van der Waals surface area contributed by atoms with Crippen LogP contribution in [0.4, 0.5) is 0 Å². The van der Waals surface area contributed by atoms with Crippen LogP contribution in [0.5, 0.6) is 0 Å². The molecule has 0 saturated heterocycles. The average molecular weight is 305 g/mol. The molecule has 0 fully saturated rings. The summed E-state index contributed by atoms with van der Waals surface area (Å²) in [6, 6.07) is 6.00. The standard InChI is InChI=1S/C14H19N5OS/c1-4-8-15-13(20)9-21-14-16-17-18-19(14)12-7-5-6-10(2)11(12)3/h5-7H,4,8-9H2,1-3H3,(H,15,20). The maximum Gasteiger partial charge on any atom is 0.230 e. The van der Waals surface area contributed by atoms with Crippen LogP contribution in [-0.4, -0.2) is 38.4 Å². The normalized spacial score (nSPS) is 10.6. The second-order valence-electron chi connectivity index (χ2n) is 4.73. The van der Waals surface area contributed by atoms with E-state index in [9.17, 15) is 4.79 Å². The Kier molecular flexibility index (Phi) is 5.32. The topological polar surface area (TPSA) is 72.7 Å². The number of rotatable bonds is 6. The second-order valence-corrected chi connectivity index (χ2v) is 5.67. The molecule has 0 radical (unpaired) electrons. The third kappa shape index (κ3) is 3.81. The first-order chi connectivity index (χ1) is 10.1. The van der Waals surface area contributed by atoms with Gasteiger partial charge in [-0.1, -0.05) is 30.8 Å². The minimum atomic E-state index is -0.00244. The Bertz CT molecular complexity index is 626. The molecule has 0 spiro atoms. The summed E-state index contributed by atoms with van der Waals surface area (Å²) in [6.45, 7) is 6.80. The molecule has 0 saturated carbocycles. The van der Waals surface area contributed by atoms with Gasteiger partial charge in [0, 0.05) is 6.54 Å². The van der Waals surface area contributed by atoms with Crippen LogP contribution < -0.4 is 5.32 Å². The van der Waals surface area contributed by atoms with Gasteiger partial charge in [0.2, 0.25) is 11.1 Å². The van der Waals surface area contributed by atoms with Crippen LogP contribution in [0.1, 0.15) is 24.5 Å². The Morgan fingerprint density at radius 1 is 1.38 bits per heavy atom. The minimum Gasteiger partial charge on any atom is -0.355 e. The van der Waals surface area contributed by atoms with Gasteiger partial charge in [-0.05, 0) is 47.9 Å². The number of carbonyl (C=O) groups excluding carboxylic acids is 1. The zero-order chi connectivity index (χ0) is 15.2. The van der Waals surface area contributed by atoms with Crippen LogP contribution in [0, 0.1) is 13.8 Å². The highest BCUT2D eigenvalue weighted by atomic mass is 32.2. The number of nitrogens with zero attached hydrogens (tertiary/aromatic N) is 4. The molecular weight excluding hydrogens is 286 g/mol. The maximum atomic E-state index is 11.7. The van der Waals surface area contributed by atoms with Crippen molar-refractivity contribution >= 4 is 17.7 Å². The Labute approximate surface area is 128 Å². The van der Waals surface area contributed by atoms with E-state index in [2.05, 4.69) is 20.8 Å². The van der Waals surface area contributed by atoms with Crippen LogP contribution in [0.25, 0.3) is 5.69 Å². The summed E-state index contributed by atoms with van der Waals surface area (Å²) in [5, 5.41) is 15.2. The quantitative estimate of drug-likeness (QED) is 0.825. The predicted octanol–water partition coefficient (Wildman–Crippen LogP) is 1.90. The van der Waals surface area contributed by atoms with Crippen molar-refractivity contribution in [1.82, 2.24) is 25.5 Å². The monoisotopic (exact) mass is 305 g/mol. The molecule has 0 bridgehead atoms. The van der Waals surface area contributed by atoms with Gasteiger partial charge in [0.05, 0.1) is 11.4 Å². The number of amides is 1. The van der Waals surface area contributed by atoms with Crippen molar-refractivity contribution in [3.63, 3.8) is 0 Å². The van der Waals surface area contributed by atoms with Crippen molar-refractivity contribution in [2.24, 2.45) is 0 Å². The zero-order valence-corrected chi connectivity index (χ0v) is 13.3. The van der Waals surface area contributed by atoms with Gasteiger partial charge in [0.1, 0.15) is 0 Å². The lowest BCUT2D eigenvalue weighted by molar-refractivity contribution is -0.118. The Balaban J connectivity index is 2.12. The predicted molar refractivity (Wildman–Crippen MR) is 82.7 cm³/mol. The molecule has 1 aromatic carbocycles. The fraction of sp³-hybridized carbons (Fsp3) is 0.429. The zero-order valence-electron chi connectivity index (χ0n) is 12.5. The van der Waals surface area contributed by atoms with Crippen molar-refractivity contribution in [1.29, 1.82) is 0 Å². The number of benzene rings is 1. The lowest BCUT2D eigenvalue weighted by Crippen LogP contribution is -2.25. The van der Waals surface area contributed by atoms with Gasteiger partial charge in [-0.25, -0.2) is 0 Å². The van der Waals surface area contributed by atoms with Crippen LogP contribution in [-0.2, 0) is 4.79 Å². The highest BCUT2D eigenvalue weighted by Gasteiger charge is 2.13. The van der Waals surface area contributed by atoms with Crippen molar-refractivity contribution in [3.05, 3.63) is 29.3 Å². The molecule has 0 unspecified atom stereocenters. The molecule has 2 rings (SSSR count). The van der Waals surface area contributed by atoms with E-state index in [0.29, 0.717) is 17.5 Å². The molecule has 6 nitrogen and oxygen atoms in total. The molecule has 2 aromatic rings. The van der Waals surface area contributed by atoms with Gasteiger partial charge >= 0.3 is 0 Å². The number of thioether (sulfide) groups is 1. The molecular formula is C14H19N5OS. The molecule has 112 valence electrons. The fourth-order valence-electron chi connectivity index (χ4n) is 1.83. The van der Waals surface area contributed by atoms with E-state index in [1.165, 1.54) is 17.3 Å². The highest BCUT2D eigenvalue weighted by molar-refractivity contribution is 7.99. The van der Waals surface area contributed by atoms with Gasteiger partial charge in [-0.15, -0.1) is 5.10 Å². The lowest BCUT2D eigenvalue weighted by Gasteiger charge is -2.09. The minimum absolute atomic E-state index is 0.00244. The van der Waals surface area contributed by atoms with Crippen LogP contribution in [0.15, 0.2) is 23.4 Å². The van der Waals surface area contributed by atoms with E-state index in [1.807, 2.05) is 39.0 Å². The number of nitrogens with one attached hydrogen (secondary N) is 1. The molecule has 0 aliphatic carbocycles. The summed E-state index contributed by atoms with van der Waals surface area (Å²) in [4.78, 5) is 11.7. The smallest absolute Gasteiger partial charge is 0.230 e. The highest BCUT2D eigenvalue weighted by Crippen LogP contribution is 2.22. The number of tetrazole rings is 1. The number of hydrogen-bond acceptors (Lipinski definition) is 5. The van der Waals surface area contributed by atoms with E-state index in [0.717, 1.165) is 17.7 Å². The average Bonchev–Trinajstić information content (AvgIpc) is 2.94. The summed E-state index contributed by atoms with van der Waals surface area (Å²) >= 11 is 1.34. The van der Waals surface area contributed by atoms with Crippen molar-refractivity contribution in [2.45, 2.75) is 32.3 Å². The number of hydrogen-bond donors (Lipinski definition) is 1. The third-order valence-corrected chi connectivity index (χ3v) is 4.07. The van der Waals surface area contributed by atoms with E-state index in [4.69, 9.17) is 0 Å². The summed E-state index contributed by atoms with van der Waals surface area (Å²) in [7, 11) is 0. The third-order valence-electron chi connectivity index (χ3n) is 3.15. The Morgan fingerprint density at radius 2 is 2.19 bits per heavy atom. The van der Waals surface area contributed by atoms with E-state index >= 15 is 0 Å². The second kappa shape index (κ2) is 7.21. The molecule has 0 aliphatic heterocycles. The number of carbonyl (C=O) groups is 1. The molecule has 1 heterocycles. The first kappa shape index (κ1) is 15.5. The van der Waals surface area contributed by atoms with Crippen molar-refractivity contribution in [3.8, 4) is 5.69 Å². The molecule has 7 heteroatoms. The van der Waals surface area contributed by atoms with E-state index in [1.54, 1.807) is 4.68 Å². The molecule has 1 aromatic heterocycles.